The number of anilines is 2. The van der Waals surface area contributed by atoms with E-state index in [4.69, 9.17) is 9.47 Å². The first kappa shape index (κ1) is 20.2. The molecule has 0 bridgehead atoms. The molecule has 1 amide bonds. The van der Waals surface area contributed by atoms with Gasteiger partial charge in [-0.1, -0.05) is 12.1 Å². The van der Waals surface area contributed by atoms with Gasteiger partial charge in [-0.15, -0.1) is 0 Å². The van der Waals surface area contributed by atoms with Crippen LogP contribution in [0.4, 0.5) is 11.4 Å². The third-order valence-electron chi connectivity index (χ3n) is 3.45. The standard InChI is InChI=1S/C18H20N2O6S/c1-12(17(21)19-13-8-10-14(25-2)11-9-13)26-18(22)15-6-4-5-7-16(15)20-27(3,23)24/h4-12,20H,1-3H3,(H,19,21)/t12-/m0/s1. The van der Waals surface area contributed by atoms with Gasteiger partial charge in [0.1, 0.15) is 5.75 Å². The highest BCUT2D eigenvalue weighted by atomic mass is 32.2. The van der Waals surface area contributed by atoms with E-state index >= 15 is 0 Å². The smallest absolute Gasteiger partial charge is 0.341 e. The van der Waals surface area contributed by atoms with Crippen LogP contribution < -0.4 is 14.8 Å². The average molecular weight is 392 g/mol. The van der Waals surface area contributed by atoms with Gasteiger partial charge in [-0.25, -0.2) is 13.2 Å². The van der Waals surface area contributed by atoms with Crippen molar-refractivity contribution in [2.24, 2.45) is 0 Å². The van der Waals surface area contributed by atoms with E-state index in [1.807, 2.05) is 0 Å². The third kappa shape index (κ3) is 6.00. The van der Waals surface area contributed by atoms with Gasteiger partial charge in [0.15, 0.2) is 6.10 Å². The van der Waals surface area contributed by atoms with Crippen LogP contribution in [0.5, 0.6) is 5.75 Å². The Morgan fingerprint density at radius 1 is 1.04 bits per heavy atom. The Balaban J connectivity index is 2.05. The normalized spacial score (nSPS) is 12.0. The summed E-state index contributed by atoms with van der Waals surface area (Å²) in [5.74, 6) is -0.705. The molecule has 0 radical (unpaired) electrons. The maximum Gasteiger partial charge on any atom is 0.341 e. The first-order valence-corrected chi connectivity index (χ1v) is 9.81. The van der Waals surface area contributed by atoms with E-state index in [-0.39, 0.29) is 11.3 Å². The number of methoxy groups -OCH3 is 1. The molecule has 0 fully saturated rings. The molecule has 2 N–H and O–H groups in total. The van der Waals surface area contributed by atoms with Crippen LogP contribution in [0.1, 0.15) is 17.3 Å². The summed E-state index contributed by atoms with van der Waals surface area (Å²) in [5, 5.41) is 2.62. The lowest BCUT2D eigenvalue weighted by Gasteiger charge is -2.15. The van der Waals surface area contributed by atoms with Gasteiger partial charge in [0.05, 0.1) is 24.6 Å². The molecule has 0 aliphatic rings. The van der Waals surface area contributed by atoms with Gasteiger partial charge in [-0.05, 0) is 43.3 Å². The number of ether oxygens (including phenoxy) is 2. The molecule has 1 atom stereocenters. The number of carbonyl (C=O) groups excluding carboxylic acids is 2. The molecule has 0 saturated heterocycles. The van der Waals surface area contributed by atoms with E-state index in [0.717, 1.165) is 6.26 Å². The number of para-hydroxylation sites is 1. The minimum atomic E-state index is -3.57. The fraction of sp³-hybridized carbons (Fsp3) is 0.222. The first-order chi connectivity index (χ1) is 12.7. The second-order valence-electron chi connectivity index (χ2n) is 5.69. The number of amides is 1. The number of sulfonamides is 1. The quantitative estimate of drug-likeness (QED) is 0.699. The molecule has 144 valence electrons. The Morgan fingerprint density at radius 2 is 1.67 bits per heavy atom. The van der Waals surface area contributed by atoms with E-state index in [1.165, 1.54) is 26.2 Å². The topological polar surface area (TPSA) is 111 Å². The fourth-order valence-electron chi connectivity index (χ4n) is 2.15. The van der Waals surface area contributed by atoms with E-state index in [9.17, 15) is 18.0 Å². The maximum atomic E-state index is 12.3. The molecule has 2 aromatic carbocycles. The number of nitrogens with one attached hydrogen (secondary N) is 2. The van der Waals surface area contributed by atoms with Crippen LogP contribution in [-0.2, 0) is 19.6 Å². The molecular formula is C18H20N2O6S. The van der Waals surface area contributed by atoms with Gasteiger partial charge in [0.2, 0.25) is 10.0 Å². The van der Waals surface area contributed by atoms with E-state index < -0.39 is 28.0 Å². The molecule has 0 aromatic heterocycles. The highest BCUT2D eigenvalue weighted by Gasteiger charge is 2.21. The van der Waals surface area contributed by atoms with Crippen molar-refractivity contribution in [3.05, 3.63) is 54.1 Å². The minimum absolute atomic E-state index is 0.00650. The summed E-state index contributed by atoms with van der Waals surface area (Å²) in [4.78, 5) is 24.6. The Hall–Kier alpha value is -3.07. The Bertz CT molecular complexity index is 925. The number of hydrogen-bond acceptors (Lipinski definition) is 6. The Morgan fingerprint density at radius 3 is 2.26 bits per heavy atom. The molecule has 0 heterocycles. The molecule has 9 heteroatoms. The van der Waals surface area contributed by atoms with Crippen molar-refractivity contribution < 1.29 is 27.5 Å². The van der Waals surface area contributed by atoms with Crippen LogP contribution in [0.3, 0.4) is 0 Å². The monoisotopic (exact) mass is 392 g/mol. The summed E-state index contributed by atoms with van der Waals surface area (Å²) in [5.41, 5.74) is 0.600. The SMILES string of the molecule is COc1ccc(NC(=O)[C@H](C)OC(=O)c2ccccc2NS(C)(=O)=O)cc1. The van der Waals surface area contributed by atoms with E-state index in [0.29, 0.717) is 11.4 Å². The summed E-state index contributed by atoms with van der Waals surface area (Å²) in [6.07, 6.45) is -0.120. The van der Waals surface area contributed by atoms with Crippen molar-refractivity contribution in [3.63, 3.8) is 0 Å². The molecular weight excluding hydrogens is 372 g/mol. The molecule has 2 rings (SSSR count). The molecule has 2 aromatic rings. The molecule has 0 spiro atoms. The lowest BCUT2D eigenvalue weighted by atomic mass is 10.2. The minimum Gasteiger partial charge on any atom is -0.497 e. The Labute approximate surface area is 157 Å². The fourth-order valence-corrected chi connectivity index (χ4v) is 2.72. The second kappa shape index (κ2) is 8.54. The van der Waals surface area contributed by atoms with Crippen molar-refractivity contribution in [3.8, 4) is 5.75 Å². The van der Waals surface area contributed by atoms with Crippen molar-refractivity contribution in [1.82, 2.24) is 0 Å². The van der Waals surface area contributed by atoms with Crippen molar-refractivity contribution in [2.75, 3.05) is 23.4 Å². The maximum absolute atomic E-state index is 12.3. The van der Waals surface area contributed by atoms with Crippen molar-refractivity contribution >= 4 is 33.3 Å². The predicted molar refractivity (Wildman–Crippen MR) is 101 cm³/mol. The Kier molecular flexibility index (Phi) is 6.40. The van der Waals surface area contributed by atoms with Crippen LogP contribution in [0.15, 0.2) is 48.5 Å². The highest BCUT2D eigenvalue weighted by molar-refractivity contribution is 7.92. The van der Waals surface area contributed by atoms with Gasteiger partial charge >= 0.3 is 5.97 Å². The highest BCUT2D eigenvalue weighted by Crippen LogP contribution is 2.19. The summed E-state index contributed by atoms with van der Waals surface area (Å²) < 4.78 is 35.3. The summed E-state index contributed by atoms with van der Waals surface area (Å²) in [6.45, 7) is 1.42. The van der Waals surface area contributed by atoms with Gasteiger partial charge in [-0.2, -0.15) is 0 Å². The van der Waals surface area contributed by atoms with Gasteiger partial charge < -0.3 is 14.8 Å². The van der Waals surface area contributed by atoms with Crippen molar-refractivity contribution in [1.29, 1.82) is 0 Å². The number of benzene rings is 2. The third-order valence-corrected chi connectivity index (χ3v) is 4.04. The van der Waals surface area contributed by atoms with Gasteiger partial charge in [0, 0.05) is 5.69 Å². The second-order valence-corrected chi connectivity index (χ2v) is 7.43. The van der Waals surface area contributed by atoms with Crippen LogP contribution in [0, 0.1) is 0 Å². The van der Waals surface area contributed by atoms with Gasteiger partial charge in [0.25, 0.3) is 5.91 Å². The van der Waals surface area contributed by atoms with E-state index in [1.54, 1.807) is 36.4 Å². The van der Waals surface area contributed by atoms with Crippen molar-refractivity contribution in [2.45, 2.75) is 13.0 Å². The largest absolute Gasteiger partial charge is 0.497 e. The lowest BCUT2D eigenvalue weighted by molar-refractivity contribution is -0.123. The van der Waals surface area contributed by atoms with E-state index in [2.05, 4.69) is 10.0 Å². The zero-order valence-electron chi connectivity index (χ0n) is 15.1. The molecule has 0 aliphatic heterocycles. The van der Waals surface area contributed by atoms with Crippen LogP contribution in [0.25, 0.3) is 0 Å². The molecule has 0 saturated carbocycles. The van der Waals surface area contributed by atoms with Crippen LogP contribution in [0.2, 0.25) is 0 Å². The predicted octanol–water partition coefficient (Wildman–Crippen LogP) is 2.25. The molecule has 27 heavy (non-hydrogen) atoms. The molecule has 0 aliphatic carbocycles. The average Bonchev–Trinajstić information content (AvgIpc) is 2.61. The molecule has 0 unspecified atom stereocenters. The lowest BCUT2D eigenvalue weighted by Crippen LogP contribution is -2.30. The summed E-state index contributed by atoms with van der Waals surface area (Å²) >= 11 is 0. The summed E-state index contributed by atoms with van der Waals surface area (Å²) in [7, 11) is -2.04. The zero-order valence-corrected chi connectivity index (χ0v) is 15.9. The zero-order chi connectivity index (χ0) is 20.0. The van der Waals surface area contributed by atoms with Gasteiger partial charge in [-0.3, -0.25) is 9.52 Å². The number of hydrogen-bond donors (Lipinski definition) is 2. The summed E-state index contributed by atoms with van der Waals surface area (Å²) in [6, 6.07) is 12.6. The number of rotatable bonds is 7. The first-order valence-electron chi connectivity index (χ1n) is 7.92. The number of esters is 1. The molecule has 8 nitrogen and oxygen atoms in total. The van der Waals surface area contributed by atoms with Crippen LogP contribution in [-0.4, -0.2) is 39.8 Å². The van der Waals surface area contributed by atoms with Crippen LogP contribution >= 0.6 is 0 Å². The number of carbonyl (C=O) groups is 2.